The fraction of sp³-hybridized carbons (Fsp3) is 0.462. The largest absolute Gasteiger partial charge is 0.497 e. The van der Waals surface area contributed by atoms with Crippen LogP contribution in [0.5, 0.6) is 11.5 Å². The molecule has 0 N–H and O–H groups in total. The summed E-state index contributed by atoms with van der Waals surface area (Å²) < 4.78 is 22.7. The molecule has 5 rings (SSSR count). The van der Waals surface area contributed by atoms with Gasteiger partial charge in [-0.05, 0) is 17.7 Å². The summed E-state index contributed by atoms with van der Waals surface area (Å²) >= 11 is 0. The SMILES string of the molecule is COc1ccc([C@@H]2CC(c3ccccc3)=NN2C(=O)CN2CCC3(CC2)OCCO3)c(OC)c1. The van der Waals surface area contributed by atoms with Crippen molar-refractivity contribution in [1.82, 2.24) is 9.91 Å². The number of hydrogen-bond donors (Lipinski definition) is 0. The number of ether oxygens (including phenoxy) is 4. The molecular formula is C26H31N3O5. The van der Waals surface area contributed by atoms with Gasteiger partial charge in [-0.2, -0.15) is 5.10 Å². The van der Waals surface area contributed by atoms with Gasteiger partial charge >= 0.3 is 0 Å². The molecule has 0 aromatic heterocycles. The molecule has 0 radical (unpaired) electrons. The Kier molecular flexibility index (Phi) is 6.54. The first-order valence-corrected chi connectivity index (χ1v) is 11.8. The van der Waals surface area contributed by atoms with Crippen molar-refractivity contribution < 1.29 is 23.7 Å². The molecule has 2 aromatic carbocycles. The molecule has 34 heavy (non-hydrogen) atoms. The van der Waals surface area contributed by atoms with Crippen molar-refractivity contribution in [2.24, 2.45) is 5.10 Å². The number of benzene rings is 2. The second-order valence-corrected chi connectivity index (χ2v) is 8.86. The molecule has 2 saturated heterocycles. The van der Waals surface area contributed by atoms with Gasteiger partial charge in [-0.25, -0.2) is 5.01 Å². The number of hydrogen-bond acceptors (Lipinski definition) is 7. The van der Waals surface area contributed by atoms with Crippen molar-refractivity contribution in [2.75, 3.05) is 47.1 Å². The number of piperidine rings is 1. The maximum absolute atomic E-state index is 13.6. The predicted octanol–water partition coefficient (Wildman–Crippen LogP) is 3.22. The molecule has 0 unspecified atom stereocenters. The lowest BCUT2D eigenvalue weighted by molar-refractivity contribution is -0.186. The van der Waals surface area contributed by atoms with Crippen molar-refractivity contribution >= 4 is 11.6 Å². The number of hydrazone groups is 1. The van der Waals surface area contributed by atoms with E-state index in [1.54, 1.807) is 19.2 Å². The zero-order chi connectivity index (χ0) is 23.5. The second kappa shape index (κ2) is 9.74. The van der Waals surface area contributed by atoms with E-state index in [0.29, 0.717) is 37.7 Å². The summed E-state index contributed by atoms with van der Waals surface area (Å²) in [4.78, 5) is 15.7. The third-order valence-corrected chi connectivity index (χ3v) is 6.86. The molecule has 3 heterocycles. The standard InChI is InChI=1S/C26H31N3O5/c1-31-20-8-9-21(24(16-20)32-2)23-17-22(19-6-4-3-5-7-19)27-29(23)25(30)18-28-12-10-26(11-13-28)33-14-15-34-26/h3-9,16,23H,10-15,17-18H2,1-2H3/t23-/m0/s1. The van der Waals surface area contributed by atoms with Crippen molar-refractivity contribution in [3.05, 3.63) is 59.7 Å². The Morgan fingerprint density at radius 2 is 1.79 bits per heavy atom. The highest BCUT2D eigenvalue weighted by molar-refractivity contribution is 6.03. The zero-order valence-electron chi connectivity index (χ0n) is 19.7. The van der Waals surface area contributed by atoms with Crippen molar-refractivity contribution in [2.45, 2.75) is 31.1 Å². The highest BCUT2D eigenvalue weighted by atomic mass is 16.7. The predicted molar refractivity (Wildman–Crippen MR) is 127 cm³/mol. The highest BCUT2D eigenvalue weighted by Crippen LogP contribution is 2.39. The first-order chi connectivity index (χ1) is 16.6. The summed E-state index contributed by atoms with van der Waals surface area (Å²) in [5, 5.41) is 6.45. The molecule has 2 fully saturated rings. The van der Waals surface area contributed by atoms with Gasteiger partial charge < -0.3 is 18.9 Å². The lowest BCUT2D eigenvalue weighted by Crippen LogP contribution is -2.48. The summed E-state index contributed by atoms with van der Waals surface area (Å²) in [6.07, 6.45) is 2.16. The molecule has 2 aromatic rings. The molecule has 1 spiro atoms. The van der Waals surface area contributed by atoms with Crippen LogP contribution < -0.4 is 9.47 Å². The van der Waals surface area contributed by atoms with Crippen LogP contribution in [-0.4, -0.2) is 74.4 Å². The van der Waals surface area contributed by atoms with E-state index in [-0.39, 0.29) is 11.9 Å². The van der Waals surface area contributed by atoms with Crippen molar-refractivity contribution in [3.8, 4) is 11.5 Å². The number of nitrogens with zero attached hydrogens (tertiary/aromatic N) is 3. The Balaban J connectivity index is 1.37. The summed E-state index contributed by atoms with van der Waals surface area (Å²) in [6.45, 7) is 3.11. The second-order valence-electron chi connectivity index (χ2n) is 8.86. The van der Waals surface area contributed by atoms with E-state index in [2.05, 4.69) is 4.90 Å². The van der Waals surface area contributed by atoms with Gasteiger partial charge in [-0.3, -0.25) is 9.69 Å². The Morgan fingerprint density at radius 1 is 1.06 bits per heavy atom. The van der Waals surface area contributed by atoms with Crippen LogP contribution in [0.4, 0.5) is 0 Å². The summed E-state index contributed by atoms with van der Waals surface area (Å²) in [5.41, 5.74) is 2.82. The van der Waals surface area contributed by atoms with Gasteiger partial charge in [0.25, 0.3) is 5.91 Å². The lowest BCUT2D eigenvalue weighted by atomic mass is 9.97. The normalized spacial score (nSPS) is 22.1. The first kappa shape index (κ1) is 22.8. The molecule has 1 amide bonds. The van der Waals surface area contributed by atoms with Crippen LogP contribution in [0.25, 0.3) is 0 Å². The van der Waals surface area contributed by atoms with E-state index in [1.165, 1.54) is 0 Å². The molecule has 3 aliphatic rings. The fourth-order valence-corrected chi connectivity index (χ4v) is 4.98. The minimum atomic E-state index is -0.454. The van der Waals surface area contributed by atoms with Crippen LogP contribution in [0.3, 0.4) is 0 Å². The number of likely N-dealkylation sites (tertiary alicyclic amines) is 1. The Bertz CT molecular complexity index is 1040. The molecule has 1 atom stereocenters. The number of carbonyl (C=O) groups excluding carboxylic acids is 1. The molecule has 0 saturated carbocycles. The third kappa shape index (κ3) is 4.53. The minimum absolute atomic E-state index is 0.0296. The Morgan fingerprint density at radius 3 is 2.47 bits per heavy atom. The van der Waals surface area contributed by atoms with E-state index in [9.17, 15) is 4.79 Å². The van der Waals surface area contributed by atoms with Gasteiger partial charge in [0.2, 0.25) is 0 Å². The molecular weight excluding hydrogens is 434 g/mol. The summed E-state index contributed by atoms with van der Waals surface area (Å²) in [6, 6.07) is 15.5. The monoisotopic (exact) mass is 465 g/mol. The van der Waals surface area contributed by atoms with E-state index in [1.807, 2.05) is 48.5 Å². The van der Waals surface area contributed by atoms with Crippen LogP contribution in [0.2, 0.25) is 0 Å². The molecule has 180 valence electrons. The average Bonchev–Trinajstić information content (AvgIpc) is 3.53. The van der Waals surface area contributed by atoms with Gasteiger partial charge in [-0.1, -0.05) is 30.3 Å². The molecule has 0 aliphatic carbocycles. The topological polar surface area (TPSA) is 72.8 Å². The van der Waals surface area contributed by atoms with Gasteiger partial charge in [-0.15, -0.1) is 0 Å². The molecule has 8 heteroatoms. The first-order valence-electron chi connectivity index (χ1n) is 11.8. The van der Waals surface area contributed by atoms with Crippen LogP contribution in [0.15, 0.2) is 53.6 Å². The quantitative estimate of drug-likeness (QED) is 0.652. The number of methoxy groups -OCH3 is 2. The summed E-state index contributed by atoms with van der Waals surface area (Å²) in [5.74, 6) is 0.907. The van der Waals surface area contributed by atoms with E-state index < -0.39 is 5.79 Å². The van der Waals surface area contributed by atoms with Crippen molar-refractivity contribution in [1.29, 1.82) is 0 Å². The number of carbonyl (C=O) groups is 1. The van der Waals surface area contributed by atoms with Crippen molar-refractivity contribution in [3.63, 3.8) is 0 Å². The Labute approximate surface area is 200 Å². The maximum atomic E-state index is 13.6. The smallest absolute Gasteiger partial charge is 0.257 e. The van der Waals surface area contributed by atoms with Gasteiger partial charge in [0.1, 0.15) is 11.5 Å². The maximum Gasteiger partial charge on any atom is 0.257 e. The minimum Gasteiger partial charge on any atom is -0.497 e. The fourth-order valence-electron chi connectivity index (χ4n) is 4.98. The third-order valence-electron chi connectivity index (χ3n) is 6.86. The Hall–Kier alpha value is -2.94. The van der Waals surface area contributed by atoms with Crippen LogP contribution in [0, 0.1) is 0 Å². The van der Waals surface area contributed by atoms with Crippen LogP contribution in [0.1, 0.15) is 36.4 Å². The zero-order valence-corrected chi connectivity index (χ0v) is 19.7. The average molecular weight is 466 g/mol. The summed E-state index contributed by atoms with van der Waals surface area (Å²) in [7, 11) is 3.26. The van der Waals surface area contributed by atoms with E-state index in [4.69, 9.17) is 24.0 Å². The van der Waals surface area contributed by atoms with Crippen LogP contribution >= 0.6 is 0 Å². The van der Waals surface area contributed by atoms with Gasteiger partial charge in [0.05, 0.1) is 45.7 Å². The number of amides is 1. The lowest BCUT2D eigenvalue weighted by Gasteiger charge is -2.37. The molecule has 8 nitrogen and oxygen atoms in total. The molecule has 3 aliphatic heterocycles. The van der Waals surface area contributed by atoms with Gasteiger partial charge in [0.15, 0.2) is 5.79 Å². The highest BCUT2D eigenvalue weighted by Gasteiger charge is 2.41. The molecule has 0 bridgehead atoms. The van der Waals surface area contributed by atoms with E-state index in [0.717, 1.165) is 42.8 Å². The number of rotatable bonds is 6. The van der Waals surface area contributed by atoms with Crippen LogP contribution in [-0.2, 0) is 14.3 Å². The van der Waals surface area contributed by atoms with E-state index >= 15 is 0 Å². The van der Waals surface area contributed by atoms with Gasteiger partial charge in [0, 0.05) is 44.0 Å².